The molecule has 25 heavy (non-hydrogen) atoms. The molecular formula is C19H20Cl2N2O2. The molecule has 2 aromatic carbocycles. The molecule has 1 fully saturated rings. The van der Waals surface area contributed by atoms with Crippen molar-refractivity contribution in [2.75, 3.05) is 25.0 Å². The number of likely N-dealkylation sites (tertiary alicyclic amines) is 1. The highest BCUT2D eigenvalue weighted by molar-refractivity contribution is 6.35. The van der Waals surface area contributed by atoms with Crippen molar-refractivity contribution in [2.45, 2.75) is 18.9 Å². The monoisotopic (exact) mass is 378 g/mol. The number of benzene rings is 2. The van der Waals surface area contributed by atoms with Crippen molar-refractivity contribution in [1.29, 1.82) is 0 Å². The largest absolute Gasteiger partial charge is 0.492 e. The van der Waals surface area contributed by atoms with E-state index in [9.17, 15) is 4.79 Å². The summed E-state index contributed by atoms with van der Waals surface area (Å²) in [5.41, 5.74) is 0.548. The van der Waals surface area contributed by atoms with E-state index in [0.717, 1.165) is 25.1 Å². The van der Waals surface area contributed by atoms with Crippen molar-refractivity contribution in [3.05, 3.63) is 58.6 Å². The predicted octanol–water partition coefficient (Wildman–Crippen LogP) is 4.48. The topological polar surface area (TPSA) is 41.6 Å². The Morgan fingerprint density at radius 2 is 2.00 bits per heavy atom. The highest BCUT2D eigenvalue weighted by Gasteiger charge is 2.30. The molecule has 0 aromatic heterocycles. The summed E-state index contributed by atoms with van der Waals surface area (Å²) in [6.45, 7) is 2.14. The number of ether oxygens (including phenoxy) is 1. The molecule has 1 amide bonds. The van der Waals surface area contributed by atoms with E-state index >= 15 is 0 Å². The molecule has 132 valence electrons. The van der Waals surface area contributed by atoms with Crippen LogP contribution in [0.5, 0.6) is 5.75 Å². The van der Waals surface area contributed by atoms with E-state index in [4.69, 9.17) is 27.9 Å². The first-order chi connectivity index (χ1) is 12.1. The molecule has 0 bridgehead atoms. The highest BCUT2D eigenvalue weighted by atomic mass is 35.5. The normalized spacial score (nSPS) is 17.4. The Morgan fingerprint density at radius 1 is 1.20 bits per heavy atom. The molecule has 0 saturated carbocycles. The number of hydrogen-bond donors (Lipinski definition) is 1. The first-order valence-corrected chi connectivity index (χ1v) is 9.07. The number of hydrogen-bond acceptors (Lipinski definition) is 3. The first kappa shape index (κ1) is 18.1. The Bertz CT molecular complexity index is 725. The molecule has 1 saturated heterocycles. The molecule has 1 heterocycles. The average molecular weight is 379 g/mol. The number of rotatable bonds is 6. The van der Waals surface area contributed by atoms with Crippen LogP contribution in [0.15, 0.2) is 48.5 Å². The van der Waals surface area contributed by atoms with Crippen LogP contribution in [-0.4, -0.2) is 36.5 Å². The van der Waals surface area contributed by atoms with Crippen molar-refractivity contribution < 1.29 is 9.53 Å². The Morgan fingerprint density at radius 3 is 2.80 bits per heavy atom. The molecule has 1 aliphatic heterocycles. The van der Waals surface area contributed by atoms with E-state index in [2.05, 4.69) is 10.2 Å². The van der Waals surface area contributed by atoms with E-state index < -0.39 is 0 Å². The summed E-state index contributed by atoms with van der Waals surface area (Å²) in [5, 5.41) is 3.92. The van der Waals surface area contributed by atoms with Gasteiger partial charge in [-0.2, -0.15) is 0 Å². The lowest BCUT2D eigenvalue weighted by Crippen LogP contribution is -2.41. The van der Waals surface area contributed by atoms with Crippen LogP contribution in [0.1, 0.15) is 12.8 Å². The van der Waals surface area contributed by atoms with Crippen molar-refractivity contribution in [2.24, 2.45) is 0 Å². The van der Waals surface area contributed by atoms with E-state index in [-0.39, 0.29) is 11.9 Å². The lowest BCUT2D eigenvalue weighted by atomic mass is 10.2. The van der Waals surface area contributed by atoms with Gasteiger partial charge >= 0.3 is 0 Å². The molecule has 0 aliphatic carbocycles. The number of nitrogens with one attached hydrogen (secondary N) is 1. The van der Waals surface area contributed by atoms with Gasteiger partial charge in [0, 0.05) is 11.6 Å². The number of amides is 1. The van der Waals surface area contributed by atoms with Gasteiger partial charge in [0.15, 0.2) is 0 Å². The lowest BCUT2D eigenvalue weighted by Gasteiger charge is -2.23. The molecule has 1 atom stereocenters. The zero-order chi connectivity index (χ0) is 17.6. The summed E-state index contributed by atoms with van der Waals surface area (Å²) >= 11 is 12.1. The minimum absolute atomic E-state index is 0.0543. The molecule has 0 spiro atoms. The third kappa shape index (κ3) is 4.88. The lowest BCUT2D eigenvalue weighted by molar-refractivity contribution is -0.120. The quantitative estimate of drug-likeness (QED) is 0.805. The molecule has 4 nitrogen and oxygen atoms in total. The number of halogens is 2. The van der Waals surface area contributed by atoms with Crippen molar-refractivity contribution in [3.8, 4) is 5.75 Å². The fourth-order valence-corrected chi connectivity index (χ4v) is 3.33. The Kier molecular flexibility index (Phi) is 6.19. The number of nitrogens with zero attached hydrogens (tertiary/aromatic N) is 1. The molecule has 3 rings (SSSR count). The van der Waals surface area contributed by atoms with Gasteiger partial charge in [0.05, 0.1) is 16.8 Å². The number of carbonyl (C=O) groups is 1. The zero-order valence-corrected chi connectivity index (χ0v) is 15.3. The Balaban J connectivity index is 1.55. The molecule has 1 unspecified atom stereocenters. The fourth-order valence-electron chi connectivity index (χ4n) is 3.00. The molecule has 0 radical (unpaired) electrons. The zero-order valence-electron chi connectivity index (χ0n) is 13.8. The van der Waals surface area contributed by atoms with E-state index in [0.29, 0.717) is 28.9 Å². The van der Waals surface area contributed by atoms with Crippen LogP contribution in [0, 0.1) is 0 Å². The van der Waals surface area contributed by atoms with Gasteiger partial charge in [0.25, 0.3) is 0 Å². The maximum atomic E-state index is 12.6. The summed E-state index contributed by atoms with van der Waals surface area (Å²) in [7, 11) is 0. The minimum atomic E-state index is -0.172. The summed E-state index contributed by atoms with van der Waals surface area (Å²) < 4.78 is 5.74. The van der Waals surface area contributed by atoms with Gasteiger partial charge in [-0.15, -0.1) is 0 Å². The van der Waals surface area contributed by atoms with Crippen LogP contribution in [0.4, 0.5) is 5.69 Å². The van der Waals surface area contributed by atoms with Crippen LogP contribution >= 0.6 is 23.2 Å². The number of para-hydroxylation sites is 1. The van der Waals surface area contributed by atoms with Crippen LogP contribution in [0.3, 0.4) is 0 Å². The first-order valence-electron chi connectivity index (χ1n) is 8.31. The molecule has 6 heteroatoms. The highest BCUT2D eigenvalue weighted by Crippen LogP contribution is 2.27. The van der Waals surface area contributed by atoms with Crippen LogP contribution < -0.4 is 10.1 Å². The van der Waals surface area contributed by atoms with Crippen LogP contribution in [0.2, 0.25) is 10.0 Å². The standard InChI is InChI=1S/C19H20Cl2N2O2/c20-14-8-9-16(21)17(13-14)22-19(24)18-7-4-10-23(18)11-12-25-15-5-2-1-3-6-15/h1-3,5-6,8-9,13,18H,4,7,10-12H2,(H,22,24). The molecule has 1 aliphatic rings. The van der Waals surface area contributed by atoms with E-state index in [1.165, 1.54) is 0 Å². The van der Waals surface area contributed by atoms with Gasteiger partial charge < -0.3 is 10.1 Å². The van der Waals surface area contributed by atoms with Crippen molar-refractivity contribution in [3.63, 3.8) is 0 Å². The van der Waals surface area contributed by atoms with E-state index in [1.807, 2.05) is 30.3 Å². The fraction of sp³-hybridized carbons (Fsp3) is 0.316. The van der Waals surface area contributed by atoms with Crippen molar-refractivity contribution in [1.82, 2.24) is 4.90 Å². The smallest absolute Gasteiger partial charge is 0.241 e. The summed E-state index contributed by atoms with van der Waals surface area (Å²) in [6, 6.07) is 14.6. The third-order valence-electron chi connectivity index (χ3n) is 4.24. The summed E-state index contributed by atoms with van der Waals surface area (Å²) in [5.74, 6) is 0.787. The number of carbonyl (C=O) groups excluding carboxylic acids is 1. The summed E-state index contributed by atoms with van der Waals surface area (Å²) in [4.78, 5) is 14.8. The Labute approximate surface area is 157 Å². The van der Waals surface area contributed by atoms with Gasteiger partial charge in [-0.3, -0.25) is 9.69 Å². The molecular weight excluding hydrogens is 359 g/mol. The average Bonchev–Trinajstić information content (AvgIpc) is 3.08. The third-order valence-corrected chi connectivity index (χ3v) is 4.81. The van der Waals surface area contributed by atoms with Gasteiger partial charge in [-0.25, -0.2) is 0 Å². The van der Waals surface area contributed by atoms with Gasteiger partial charge in [-0.1, -0.05) is 41.4 Å². The molecule has 2 aromatic rings. The van der Waals surface area contributed by atoms with Crippen LogP contribution in [-0.2, 0) is 4.79 Å². The maximum Gasteiger partial charge on any atom is 0.241 e. The van der Waals surface area contributed by atoms with Crippen molar-refractivity contribution >= 4 is 34.8 Å². The predicted molar refractivity (Wildman–Crippen MR) is 102 cm³/mol. The van der Waals surface area contributed by atoms with Gasteiger partial charge in [0.1, 0.15) is 12.4 Å². The second-order valence-electron chi connectivity index (χ2n) is 5.97. The minimum Gasteiger partial charge on any atom is -0.492 e. The number of anilines is 1. The SMILES string of the molecule is O=C(Nc1cc(Cl)ccc1Cl)C1CCCN1CCOc1ccccc1. The Hall–Kier alpha value is -1.75. The van der Waals surface area contributed by atoms with Gasteiger partial charge in [-0.05, 0) is 49.7 Å². The maximum absolute atomic E-state index is 12.6. The van der Waals surface area contributed by atoms with E-state index in [1.54, 1.807) is 18.2 Å². The second kappa shape index (κ2) is 8.56. The second-order valence-corrected chi connectivity index (χ2v) is 6.81. The molecule has 1 N–H and O–H groups in total. The van der Waals surface area contributed by atoms with Gasteiger partial charge in [0.2, 0.25) is 5.91 Å². The van der Waals surface area contributed by atoms with Crippen LogP contribution in [0.25, 0.3) is 0 Å². The summed E-state index contributed by atoms with van der Waals surface area (Å²) in [6.07, 6.45) is 1.82.